The zero-order valence-corrected chi connectivity index (χ0v) is 15.3. The number of benzene rings is 3. The number of fused-ring (bicyclic) bond motifs is 1. The van der Waals surface area contributed by atoms with Gasteiger partial charge in [-0.15, -0.1) is 0 Å². The van der Waals surface area contributed by atoms with Gasteiger partial charge in [-0.25, -0.2) is 0 Å². The van der Waals surface area contributed by atoms with Crippen molar-refractivity contribution in [2.75, 3.05) is 7.11 Å². The van der Waals surface area contributed by atoms with Gasteiger partial charge >= 0.3 is 0 Å². The summed E-state index contributed by atoms with van der Waals surface area (Å²) in [4.78, 5) is 23.9. The summed E-state index contributed by atoms with van der Waals surface area (Å²) in [5, 5.41) is 2.39. The number of methoxy groups -OCH3 is 1. The van der Waals surface area contributed by atoms with Gasteiger partial charge < -0.3 is 4.74 Å². The van der Waals surface area contributed by atoms with Crippen LogP contribution in [0, 0.1) is 0 Å². The van der Waals surface area contributed by atoms with Crippen LogP contribution in [0.3, 0.4) is 0 Å². The second-order valence-electron chi connectivity index (χ2n) is 5.73. The van der Waals surface area contributed by atoms with Crippen molar-refractivity contribution in [3.8, 4) is 5.75 Å². The van der Waals surface area contributed by atoms with E-state index in [0.717, 1.165) is 22.1 Å². The van der Waals surface area contributed by atoms with Crippen LogP contribution in [0.4, 0.5) is 0 Å². The van der Waals surface area contributed by atoms with Crippen molar-refractivity contribution in [2.24, 2.45) is 0 Å². The molecule has 0 aliphatic rings. The average Bonchev–Trinajstić information content (AvgIpc) is 2.70. The van der Waals surface area contributed by atoms with Crippen molar-refractivity contribution < 1.29 is 14.3 Å². The van der Waals surface area contributed by atoms with Gasteiger partial charge in [0.25, 0.3) is 11.8 Å². The predicted molar refractivity (Wildman–Crippen MR) is 107 cm³/mol. The Hall–Kier alpha value is -3.31. The molecule has 5 nitrogen and oxygen atoms in total. The van der Waals surface area contributed by atoms with Crippen molar-refractivity contribution in [1.82, 2.24) is 10.9 Å². The number of hydrogen-bond acceptors (Lipinski definition) is 3. The SMILES string of the molecule is COc1ccc2cc(/C=C/C(=O)NNC(=O)c3ccccc3Cl)ccc2c1. The van der Waals surface area contributed by atoms with Crippen LogP contribution in [-0.4, -0.2) is 18.9 Å². The summed E-state index contributed by atoms with van der Waals surface area (Å²) in [6, 6.07) is 18.2. The topological polar surface area (TPSA) is 67.4 Å². The molecule has 6 heteroatoms. The minimum atomic E-state index is -0.484. The molecule has 3 rings (SSSR count). The molecule has 0 heterocycles. The Morgan fingerprint density at radius 3 is 2.48 bits per heavy atom. The molecule has 136 valence electrons. The van der Waals surface area contributed by atoms with Gasteiger partial charge in [-0.2, -0.15) is 0 Å². The molecule has 2 N–H and O–H groups in total. The molecule has 2 amide bonds. The van der Waals surface area contributed by atoms with Gasteiger partial charge in [-0.3, -0.25) is 20.4 Å². The van der Waals surface area contributed by atoms with Crippen molar-refractivity contribution in [1.29, 1.82) is 0 Å². The van der Waals surface area contributed by atoms with E-state index in [2.05, 4.69) is 10.9 Å². The lowest BCUT2D eigenvalue weighted by Crippen LogP contribution is -2.40. The van der Waals surface area contributed by atoms with Gasteiger partial charge in [0.05, 0.1) is 17.7 Å². The number of carbonyl (C=O) groups is 2. The first-order valence-corrected chi connectivity index (χ1v) is 8.55. The number of nitrogens with one attached hydrogen (secondary N) is 2. The van der Waals surface area contributed by atoms with Gasteiger partial charge in [0.15, 0.2) is 0 Å². The van der Waals surface area contributed by atoms with E-state index in [9.17, 15) is 9.59 Å². The van der Waals surface area contributed by atoms with E-state index in [4.69, 9.17) is 16.3 Å². The van der Waals surface area contributed by atoms with Crippen LogP contribution in [-0.2, 0) is 4.79 Å². The lowest BCUT2D eigenvalue weighted by atomic mass is 10.1. The van der Waals surface area contributed by atoms with Crippen LogP contribution in [0.15, 0.2) is 66.7 Å². The minimum Gasteiger partial charge on any atom is -0.497 e. The molecule has 0 fully saturated rings. The quantitative estimate of drug-likeness (QED) is 0.531. The number of hydrogen-bond donors (Lipinski definition) is 2. The van der Waals surface area contributed by atoms with E-state index < -0.39 is 11.8 Å². The highest BCUT2D eigenvalue weighted by molar-refractivity contribution is 6.33. The Bertz CT molecular complexity index is 1030. The summed E-state index contributed by atoms with van der Waals surface area (Å²) in [5.41, 5.74) is 5.81. The summed E-state index contributed by atoms with van der Waals surface area (Å²) >= 11 is 5.95. The molecule has 0 unspecified atom stereocenters. The van der Waals surface area contributed by atoms with E-state index in [0.29, 0.717) is 5.02 Å². The predicted octanol–water partition coefficient (Wildman–Crippen LogP) is 3.98. The van der Waals surface area contributed by atoms with Crippen molar-refractivity contribution in [2.45, 2.75) is 0 Å². The molecular formula is C21H17ClN2O3. The number of ether oxygens (including phenoxy) is 1. The first-order valence-electron chi connectivity index (χ1n) is 8.17. The summed E-state index contributed by atoms with van der Waals surface area (Å²) in [6.07, 6.45) is 3.01. The number of carbonyl (C=O) groups excluding carboxylic acids is 2. The highest BCUT2D eigenvalue weighted by atomic mass is 35.5. The second kappa shape index (κ2) is 8.38. The fourth-order valence-electron chi connectivity index (χ4n) is 2.52. The lowest BCUT2D eigenvalue weighted by molar-refractivity contribution is -0.117. The summed E-state index contributed by atoms with van der Waals surface area (Å²) in [5.74, 6) is -0.147. The van der Waals surface area contributed by atoms with E-state index in [1.165, 1.54) is 6.08 Å². The fourth-order valence-corrected chi connectivity index (χ4v) is 2.74. The Labute approximate surface area is 161 Å². The van der Waals surface area contributed by atoms with Crippen LogP contribution >= 0.6 is 11.6 Å². The molecule has 3 aromatic rings. The zero-order chi connectivity index (χ0) is 19.2. The van der Waals surface area contributed by atoms with E-state index in [1.54, 1.807) is 37.5 Å². The van der Waals surface area contributed by atoms with E-state index in [1.807, 2.05) is 36.4 Å². The molecule has 27 heavy (non-hydrogen) atoms. The zero-order valence-electron chi connectivity index (χ0n) is 14.5. The molecule has 0 saturated carbocycles. The van der Waals surface area contributed by atoms with Gasteiger partial charge in [-0.1, -0.05) is 41.9 Å². The van der Waals surface area contributed by atoms with Crippen molar-refractivity contribution in [3.05, 3.63) is 82.9 Å². The standard InChI is InChI=1S/C21H17ClN2O3/c1-27-17-10-9-15-12-14(6-8-16(15)13-17)7-11-20(25)23-24-21(26)18-4-2-3-5-19(18)22/h2-13H,1H3,(H,23,25)(H,24,26)/b11-7+. The molecule has 0 radical (unpaired) electrons. The van der Waals surface area contributed by atoms with Crippen LogP contribution in [0.1, 0.15) is 15.9 Å². The summed E-state index contributed by atoms with van der Waals surface area (Å²) in [6.45, 7) is 0. The minimum absolute atomic E-state index is 0.286. The smallest absolute Gasteiger partial charge is 0.271 e. The van der Waals surface area contributed by atoms with Crippen LogP contribution in [0.2, 0.25) is 5.02 Å². The molecule has 0 bridgehead atoms. The maximum Gasteiger partial charge on any atom is 0.271 e. The third-order valence-corrected chi connectivity index (χ3v) is 4.25. The average molecular weight is 381 g/mol. The number of halogens is 1. The first kappa shape index (κ1) is 18.5. The molecule has 0 aromatic heterocycles. The van der Waals surface area contributed by atoms with Gasteiger partial charge in [0.2, 0.25) is 0 Å². The first-order chi connectivity index (χ1) is 13.1. The monoisotopic (exact) mass is 380 g/mol. The molecule has 0 atom stereocenters. The highest BCUT2D eigenvalue weighted by Gasteiger charge is 2.09. The van der Waals surface area contributed by atoms with Gasteiger partial charge in [-0.05, 0) is 52.7 Å². The van der Waals surface area contributed by atoms with Crippen LogP contribution in [0.25, 0.3) is 16.8 Å². The second-order valence-corrected chi connectivity index (χ2v) is 6.14. The fraction of sp³-hybridized carbons (Fsp3) is 0.0476. The third-order valence-electron chi connectivity index (χ3n) is 3.92. The number of hydrazine groups is 1. The number of amides is 2. The molecular weight excluding hydrogens is 364 g/mol. The van der Waals surface area contributed by atoms with Gasteiger partial charge in [0, 0.05) is 6.08 Å². The van der Waals surface area contributed by atoms with Crippen molar-refractivity contribution in [3.63, 3.8) is 0 Å². The summed E-state index contributed by atoms with van der Waals surface area (Å²) in [7, 11) is 1.63. The molecule has 0 spiro atoms. The van der Waals surface area contributed by atoms with Crippen LogP contribution in [0.5, 0.6) is 5.75 Å². The molecule has 0 aliphatic carbocycles. The molecule has 0 saturated heterocycles. The Balaban J connectivity index is 1.62. The molecule has 0 aliphatic heterocycles. The normalized spacial score (nSPS) is 10.7. The largest absolute Gasteiger partial charge is 0.497 e. The van der Waals surface area contributed by atoms with E-state index >= 15 is 0 Å². The van der Waals surface area contributed by atoms with Crippen LogP contribution < -0.4 is 15.6 Å². The number of rotatable bonds is 4. The Morgan fingerprint density at radius 1 is 0.963 bits per heavy atom. The summed E-state index contributed by atoms with van der Waals surface area (Å²) < 4.78 is 5.21. The van der Waals surface area contributed by atoms with Crippen molar-refractivity contribution >= 4 is 40.3 Å². The Kier molecular flexibility index (Phi) is 5.74. The third kappa shape index (κ3) is 4.65. The maximum absolute atomic E-state index is 12.0. The Morgan fingerprint density at radius 2 is 1.70 bits per heavy atom. The van der Waals surface area contributed by atoms with Gasteiger partial charge in [0.1, 0.15) is 5.75 Å². The maximum atomic E-state index is 12.0. The van der Waals surface area contributed by atoms with E-state index in [-0.39, 0.29) is 5.56 Å². The lowest BCUT2D eigenvalue weighted by Gasteiger charge is -2.06. The molecule has 3 aromatic carbocycles. The highest BCUT2D eigenvalue weighted by Crippen LogP contribution is 2.22.